The zero-order valence-corrected chi connectivity index (χ0v) is 26.9. The van der Waals surface area contributed by atoms with Crippen molar-refractivity contribution >= 4 is 50.7 Å². The first-order chi connectivity index (χ1) is 21.3. The van der Waals surface area contributed by atoms with Crippen molar-refractivity contribution in [3.05, 3.63) is 79.9 Å². The van der Waals surface area contributed by atoms with E-state index >= 15 is 0 Å². The fourth-order valence-corrected chi connectivity index (χ4v) is 8.25. The molecule has 3 aliphatic heterocycles. The summed E-state index contributed by atoms with van der Waals surface area (Å²) in [6.07, 6.45) is 3.09. The summed E-state index contributed by atoms with van der Waals surface area (Å²) in [6.45, 7) is 13.7. The second-order valence-corrected chi connectivity index (χ2v) is 12.6. The second-order valence-electron chi connectivity index (χ2n) is 11.4. The Morgan fingerprint density at radius 1 is 0.977 bits per heavy atom. The number of para-hydroxylation sites is 1. The molecule has 1 spiro atoms. The van der Waals surface area contributed by atoms with E-state index in [0.717, 1.165) is 18.8 Å². The van der Waals surface area contributed by atoms with Gasteiger partial charge in [0.15, 0.2) is 0 Å². The number of anilines is 3. The number of nitrogens with zero attached hydrogens (tertiary/aromatic N) is 4. The predicted molar refractivity (Wildman–Crippen MR) is 176 cm³/mol. The maximum absolute atomic E-state index is 14.7. The van der Waals surface area contributed by atoms with Crippen LogP contribution in [0.25, 0.3) is 0 Å². The Morgan fingerprint density at radius 2 is 1.55 bits per heavy atom. The zero-order chi connectivity index (χ0) is 31.6. The molecule has 1 N–H and O–H groups in total. The summed E-state index contributed by atoms with van der Waals surface area (Å²) < 4.78 is 6.67. The highest BCUT2D eigenvalue weighted by molar-refractivity contribution is 9.09. The first-order valence-corrected chi connectivity index (χ1v) is 16.2. The van der Waals surface area contributed by atoms with Crippen LogP contribution in [0.3, 0.4) is 0 Å². The fourth-order valence-electron chi connectivity index (χ4n) is 7.31. The average Bonchev–Trinajstić information content (AvgIpc) is 3.63. The van der Waals surface area contributed by atoms with Crippen molar-refractivity contribution in [1.29, 1.82) is 0 Å². The first kappa shape index (κ1) is 31.9. The van der Waals surface area contributed by atoms with Gasteiger partial charge in [0, 0.05) is 54.6 Å². The topological polar surface area (TPSA) is 93.6 Å². The molecule has 44 heavy (non-hydrogen) atoms. The number of amides is 3. The molecule has 10 heteroatoms. The molecule has 2 bridgehead atoms. The number of aliphatic hydroxyl groups excluding tert-OH is 1. The summed E-state index contributed by atoms with van der Waals surface area (Å²) in [4.78, 5) is 49.9. The van der Waals surface area contributed by atoms with Crippen LogP contribution < -0.4 is 14.7 Å². The highest BCUT2D eigenvalue weighted by Crippen LogP contribution is 2.60. The number of aliphatic hydroxyl groups is 1. The summed E-state index contributed by atoms with van der Waals surface area (Å²) in [7, 11) is 0. The fraction of sp³-hybridized carbons (Fsp3) is 0.441. The highest BCUT2D eigenvalue weighted by atomic mass is 79.9. The van der Waals surface area contributed by atoms with Crippen LogP contribution >= 0.6 is 15.9 Å². The lowest BCUT2D eigenvalue weighted by molar-refractivity contribution is -0.141. The zero-order valence-electron chi connectivity index (χ0n) is 25.3. The quantitative estimate of drug-likeness (QED) is 0.257. The average molecular weight is 666 g/mol. The van der Waals surface area contributed by atoms with Gasteiger partial charge in [-0.3, -0.25) is 14.4 Å². The van der Waals surface area contributed by atoms with Crippen molar-refractivity contribution in [3.63, 3.8) is 0 Å². The van der Waals surface area contributed by atoms with E-state index in [2.05, 4.69) is 47.8 Å². The summed E-state index contributed by atoms with van der Waals surface area (Å²) in [5.41, 5.74) is 1.17. The van der Waals surface area contributed by atoms with Gasteiger partial charge in [0.05, 0.1) is 24.5 Å². The Balaban J connectivity index is 1.54. The third-order valence-electron chi connectivity index (χ3n) is 9.16. The molecule has 3 heterocycles. The molecule has 0 saturated carbocycles. The number of carbonyl (C=O) groups excluding carboxylic acids is 3. The molecule has 6 atom stereocenters. The second kappa shape index (κ2) is 13.3. The summed E-state index contributed by atoms with van der Waals surface area (Å²) >= 11 is 3.74. The molecule has 3 amide bonds. The van der Waals surface area contributed by atoms with Crippen LogP contribution in [0.1, 0.15) is 20.3 Å². The van der Waals surface area contributed by atoms with Crippen molar-refractivity contribution in [3.8, 4) is 0 Å². The number of likely N-dealkylation sites (tertiary alicyclic amines) is 1. The lowest BCUT2D eigenvalue weighted by atomic mass is 9.70. The number of β-amino-alcohol motifs (C(OH)–C–C–N with tert-alkyl or cyclic N) is 1. The van der Waals surface area contributed by atoms with E-state index in [4.69, 9.17) is 4.74 Å². The number of ether oxygens (including phenoxy) is 1. The van der Waals surface area contributed by atoms with E-state index in [-0.39, 0.29) is 48.8 Å². The number of hydrogen-bond acceptors (Lipinski definition) is 6. The third kappa shape index (κ3) is 5.26. The van der Waals surface area contributed by atoms with E-state index in [0.29, 0.717) is 17.8 Å². The van der Waals surface area contributed by atoms with E-state index in [1.54, 1.807) is 22.0 Å². The van der Waals surface area contributed by atoms with Crippen LogP contribution in [-0.2, 0) is 19.1 Å². The maximum Gasteiger partial charge on any atom is 0.253 e. The van der Waals surface area contributed by atoms with Crippen LogP contribution in [0.4, 0.5) is 17.1 Å². The number of halogens is 1. The Labute approximate surface area is 267 Å². The van der Waals surface area contributed by atoms with Gasteiger partial charge in [0.2, 0.25) is 11.8 Å². The molecule has 3 unspecified atom stereocenters. The SMILES string of the molecule is C=CCN(C(=O)C1N(CCO)C(=O)[C@@H]2[C@H](C(=O)N(CC=C)c3ccccc3)[C@H]3OC12CC3Br)c1ccc(N(CC)CC)cc1. The number of hydrogen-bond donors (Lipinski definition) is 1. The summed E-state index contributed by atoms with van der Waals surface area (Å²) in [5, 5.41) is 10.0. The van der Waals surface area contributed by atoms with Gasteiger partial charge in [-0.1, -0.05) is 46.3 Å². The van der Waals surface area contributed by atoms with Crippen molar-refractivity contribution < 1.29 is 24.2 Å². The van der Waals surface area contributed by atoms with Crippen molar-refractivity contribution in [2.45, 2.75) is 42.8 Å². The molecule has 0 aliphatic carbocycles. The van der Waals surface area contributed by atoms with Gasteiger partial charge in [0.25, 0.3) is 5.91 Å². The molecular formula is C34H41BrN4O5. The van der Waals surface area contributed by atoms with Crippen LogP contribution in [0.15, 0.2) is 79.9 Å². The largest absolute Gasteiger partial charge is 0.395 e. The first-order valence-electron chi connectivity index (χ1n) is 15.3. The smallest absolute Gasteiger partial charge is 0.253 e. The van der Waals surface area contributed by atoms with Gasteiger partial charge in [-0.15, -0.1) is 13.2 Å². The number of alkyl halides is 1. The molecule has 234 valence electrons. The minimum Gasteiger partial charge on any atom is -0.395 e. The Morgan fingerprint density at radius 3 is 2.11 bits per heavy atom. The molecule has 2 aromatic rings. The molecule has 0 aromatic heterocycles. The van der Waals surface area contributed by atoms with Crippen LogP contribution in [0.5, 0.6) is 0 Å². The van der Waals surface area contributed by atoms with Gasteiger partial charge in [-0.2, -0.15) is 0 Å². The lowest BCUT2D eigenvalue weighted by Gasteiger charge is -2.37. The Hall–Kier alpha value is -3.47. The highest BCUT2D eigenvalue weighted by Gasteiger charge is 2.77. The molecular weight excluding hydrogens is 624 g/mol. The minimum atomic E-state index is -1.24. The molecule has 3 fully saturated rings. The Kier molecular flexibility index (Phi) is 9.62. The van der Waals surface area contributed by atoms with E-state index in [9.17, 15) is 19.5 Å². The molecule has 0 radical (unpaired) electrons. The van der Waals surface area contributed by atoms with Crippen molar-refractivity contribution in [1.82, 2.24) is 4.90 Å². The lowest BCUT2D eigenvalue weighted by Crippen LogP contribution is -2.57. The summed E-state index contributed by atoms with van der Waals surface area (Å²) in [5.74, 6) is -2.62. The molecule has 9 nitrogen and oxygen atoms in total. The number of benzene rings is 2. The standard InChI is InChI=1S/C34H41BrN4O5/c1-5-18-37(24-12-10-9-11-13-24)31(41)27-28-32(42)39(20-21-40)30(34(28)22-26(35)29(27)44-34)33(43)38(19-6-2)25-16-14-23(15-17-25)36(7-3)8-4/h5-6,9-17,26-30,40H,1-2,7-8,18-22H2,3-4H3/t26?,27-,28-,29-,30?,34?/m0/s1. The van der Waals surface area contributed by atoms with Crippen LogP contribution in [0, 0.1) is 11.8 Å². The normalized spacial score (nSPS) is 26.8. The minimum absolute atomic E-state index is 0.0483. The van der Waals surface area contributed by atoms with Gasteiger partial charge in [0.1, 0.15) is 11.6 Å². The number of fused-ring (bicyclic) bond motifs is 1. The Bertz CT molecular complexity index is 1380. The van der Waals surface area contributed by atoms with Crippen molar-refractivity contribution in [2.24, 2.45) is 11.8 Å². The van der Waals surface area contributed by atoms with E-state index in [1.807, 2.05) is 54.6 Å². The molecule has 2 aromatic carbocycles. The predicted octanol–water partition coefficient (Wildman–Crippen LogP) is 4.01. The van der Waals surface area contributed by atoms with Crippen LogP contribution in [-0.4, -0.2) is 89.6 Å². The third-order valence-corrected chi connectivity index (χ3v) is 10.0. The van der Waals surface area contributed by atoms with Gasteiger partial charge >= 0.3 is 0 Å². The summed E-state index contributed by atoms with van der Waals surface area (Å²) in [6, 6.07) is 16.0. The van der Waals surface area contributed by atoms with Gasteiger partial charge in [-0.05, 0) is 56.7 Å². The van der Waals surface area contributed by atoms with E-state index in [1.165, 1.54) is 4.90 Å². The van der Waals surface area contributed by atoms with Crippen molar-refractivity contribution in [2.75, 3.05) is 54.0 Å². The molecule has 5 rings (SSSR count). The maximum atomic E-state index is 14.7. The molecule has 3 saturated heterocycles. The number of carbonyl (C=O) groups is 3. The number of rotatable bonds is 13. The molecule has 3 aliphatic rings. The van der Waals surface area contributed by atoms with Gasteiger partial charge in [-0.25, -0.2) is 0 Å². The van der Waals surface area contributed by atoms with Crippen LogP contribution in [0.2, 0.25) is 0 Å². The van der Waals surface area contributed by atoms with E-state index < -0.39 is 29.6 Å². The monoisotopic (exact) mass is 664 g/mol. The van der Waals surface area contributed by atoms with Gasteiger partial charge < -0.3 is 29.4 Å².